The summed E-state index contributed by atoms with van der Waals surface area (Å²) in [6.07, 6.45) is 1.12. The van der Waals surface area contributed by atoms with Crippen LogP contribution in [0.5, 0.6) is 0 Å². The van der Waals surface area contributed by atoms with Gasteiger partial charge in [0.05, 0.1) is 25.3 Å². The van der Waals surface area contributed by atoms with E-state index in [9.17, 15) is 14.4 Å². The molecule has 1 aromatic rings. The zero-order chi connectivity index (χ0) is 20.1. The van der Waals surface area contributed by atoms with Crippen LogP contribution in [-0.2, 0) is 19.1 Å². The maximum atomic E-state index is 13.1. The lowest BCUT2D eigenvalue weighted by Crippen LogP contribution is -2.49. The van der Waals surface area contributed by atoms with Crippen LogP contribution in [0.2, 0.25) is 0 Å². The number of hydrogen-bond donors (Lipinski definition) is 0. The van der Waals surface area contributed by atoms with Gasteiger partial charge in [-0.05, 0) is 30.7 Å². The molecule has 1 unspecified atom stereocenters. The Bertz CT molecular complexity index is 719. The molecule has 2 aliphatic rings. The number of anilines is 1. The lowest BCUT2D eigenvalue weighted by Gasteiger charge is -2.32. The van der Waals surface area contributed by atoms with Crippen molar-refractivity contribution in [2.75, 3.05) is 44.3 Å². The summed E-state index contributed by atoms with van der Waals surface area (Å²) in [4.78, 5) is 43.4. The number of carbonyl (C=O) groups excluding carboxylic acids is 3. The summed E-state index contributed by atoms with van der Waals surface area (Å²) in [5, 5.41) is 0. The molecule has 28 heavy (non-hydrogen) atoms. The van der Waals surface area contributed by atoms with E-state index in [1.54, 1.807) is 29.2 Å². The molecule has 0 N–H and O–H groups in total. The molecule has 2 saturated heterocycles. The molecule has 2 aliphatic heterocycles. The fourth-order valence-corrected chi connectivity index (χ4v) is 3.87. The van der Waals surface area contributed by atoms with Crippen LogP contribution in [0.4, 0.5) is 5.69 Å². The molecule has 8 heteroatoms. The molecule has 0 aromatic heterocycles. The van der Waals surface area contributed by atoms with Crippen LogP contribution < -0.4 is 4.90 Å². The van der Waals surface area contributed by atoms with Crippen LogP contribution in [-0.4, -0.2) is 73.0 Å². The highest BCUT2D eigenvalue weighted by Crippen LogP contribution is 2.27. The van der Waals surface area contributed by atoms with E-state index >= 15 is 0 Å². The Morgan fingerprint density at radius 3 is 2.54 bits per heavy atom. The Hall–Kier alpha value is -1.77. The van der Waals surface area contributed by atoms with Crippen molar-refractivity contribution in [2.24, 2.45) is 0 Å². The first-order chi connectivity index (χ1) is 13.5. The Kier molecular flexibility index (Phi) is 7.20. The summed E-state index contributed by atoms with van der Waals surface area (Å²) in [7, 11) is 0. The molecule has 1 aromatic carbocycles. The molecule has 1 atom stereocenters. The van der Waals surface area contributed by atoms with Gasteiger partial charge in [-0.2, -0.15) is 0 Å². The number of ether oxygens (including phenoxy) is 1. The van der Waals surface area contributed by atoms with Gasteiger partial charge in [-0.15, -0.1) is 0 Å². The van der Waals surface area contributed by atoms with E-state index in [-0.39, 0.29) is 24.1 Å². The number of morpholine rings is 1. The summed E-state index contributed by atoms with van der Waals surface area (Å²) in [6.45, 7) is 6.05. The maximum Gasteiger partial charge on any atom is 0.257 e. The molecule has 0 radical (unpaired) electrons. The number of carbonyl (C=O) groups is 3. The van der Waals surface area contributed by atoms with Gasteiger partial charge in [0.25, 0.3) is 5.91 Å². The topological polar surface area (TPSA) is 70.2 Å². The maximum absolute atomic E-state index is 13.1. The molecule has 0 aliphatic carbocycles. The minimum atomic E-state index is -0.726. The number of hydrogen-bond acceptors (Lipinski definition) is 5. The minimum Gasteiger partial charge on any atom is -0.379 e. The van der Waals surface area contributed by atoms with Crippen molar-refractivity contribution in [2.45, 2.75) is 32.2 Å². The van der Waals surface area contributed by atoms with E-state index in [0.29, 0.717) is 44.8 Å². The van der Waals surface area contributed by atoms with Crippen molar-refractivity contribution >= 4 is 39.3 Å². The molecule has 152 valence electrons. The summed E-state index contributed by atoms with van der Waals surface area (Å²) < 4.78 is 6.24. The second-order valence-corrected chi connectivity index (χ2v) is 7.97. The third-order valence-corrected chi connectivity index (χ3v) is 5.66. The van der Waals surface area contributed by atoms with Crippen LogP contribution in [0, 0.1) is 0 Å². The van der Waals surface area contributed by atoms with Crippen LogP contribution in [0.15, 0.2) is 28.7 Å². The number of benzene rings is 1. The molecule has 3 amide bonds. The van der Waals surface area contributed by atoms with Gasteiger partial charge in [-0.1, -0.05) is 22.9 Å². The normalized spacial score (nSPS) is 20.6. The van der Waals surface area contributed by atoms with Gasteiger partial charge in [0.2, 0.25) is 11.8 Å². The Morgan fingerprint density at radius 2 is 1.89 bits per heavy atom. The predicted molar refractivity (Wildman–Crippen MR) is 109 cm³/mol. The van der Waals surface area contributed by atoms with Gasteiger partial charge in [-0.25, -0.2) is 4.90 Å². The zero-order valence-corrected chi connectivity index (χ0v) is 17.7. The van der Waals surface area contributed by atoms with Crippen LogP contribution >= 0.6 is 15.9 Å². The van der Waals surface area contributed by atoms with E-state index in [1.807, 2.05) is 6.92 Å². The molecule has 2 fully saturated rings. The highest BCUT2D eigenvalue weighted by molar-refractivity contribution is 9.10. The summed E-state index contributed by atoms with van der Waals surface area (Å²) in [5.41, 5.74) is 0.539. The number of amides is 3. The fraction of sp³-hybridized carbons (Fsp3) is 0.550. The van der Waals surface area contributed by atoms with Crippen molar-refractivity contribution in [3.63, 3.8) is 0 Å². The lowest BCUT2D eigenvalue weighted by atomic mass is 10.1. The molecule has 3 rings (SSSR count). The van der Waals surface area contributed by atoms with Crippen molar-refractivity contribution in [1.82, 2.24) is 9.80 Å². The van der Waals surface area contributed by atoms with Crippen LogP contribution in [0.25, 0.3) is 0 Å². The van der Waals surface area contributed by atoms with Gasteiger partial charge < -0.3 is 9.64 Å². The largest absolute Gasteiger partial charge is 0.379 e. The molecule has 0 bridgehead atoms. The molecule has 2 heterocycles. The van der Waals surface area contributed by atoms with Gasteiger partial charge in [0.1, 0.15) is 6.04 Å². The number of imide groups is 1. The van der Waals surface area contributed by atoms with Gasteiger partial charge >= 0.3 is 0 Å². The second-order valence-electron chi connectivity index (χ2n) is 7.05. The summed E-state index contributed by atoms with van der Waals surface area (Å²) >= 11 is 3.36. The number of halogens is 1. The molecule has 0 saturated carbocycles. The second kappa shape index (κ2) is 9.62. The molecular formula is C20H26BrN3O4. The minimum absolute atomic E-state index is 0.0352. The van der Waals surface area contributed by atoms with Crippen molar-refractivity contribution < 1.29 is 19.1 Å². The monoisotopic (exact) mass is 451 g/mol. The van der Waals surface area contributed by atoms with Crippen LogP contribution in [0.3, 0.4) is 0 Å². The van der Waals surface area contributed by atoms with E-state index in [4.69, 9.17) is 4.74 Å². The van der Waals surface area contributed by atoms with Crippen molar-refractivity contribution in [1.29, 1.82) is 0 Å². The first-order valence-electron chi connectivity index (χ1n) is 9.73. The fourth-order valence-electron chi connectivity index (χ4n) is 3.61. The highest BCUT2D eigenvalue weighted by Gasteiger charge is 2.44. The van der Waals surface area contributed by atoms with E-state index < -0.39 is 6.04 Å². The first kappa shape index (κ1) is 21.0. The Morgan fingerprint density at radius 1 is 1.21 bits per heavy atom. The highest BCUT2D eigenvalue weighted by atomic mass is 79.9. The van der Waals surface area contributed by atoms with Gasteiger partial charge in [0.15, 0.2) is 0 Å². The average molecular weight is 452 g/mol. The number of rotatable bonds is 7. The van der Waals surface area contributed by atoms with Gasteiger partial charge in [0, 0.05) is 37.1 Å². The third kappa shape index (κ3) is 4.79. The van der Waals surface area contributed by atoms with Gasteiger partial charge in [-0.3, -0.25) is 19.3 Å². The summed E-state index contributed by atoms with van der Waals surface area (Å²) in [6, 6.07) is 6.32. The SMILES string of the molecule is CCCC(=O)N(CCN1CCOCC1)C1CC(=O)N(c2ccc(Br)cc2)C1=O. The smallest absolute Gasteiger partial charge is 0.257 e. The third-order valence-electron chi connectivity index (χ3n) is 5.13. The zero-order valence-electron chi connectivity index (χ0n) is 16.1. The lowest BCUT2D eigenvalue weighted by molar-refractivity contribution is -0.138. The molecule has 0 spiro atoms. The van der Waals surface area contributed by atoms with Crippen molar-refractivity contribution in [3.05, 3.63) is 28.7 Å². The summed E-state index contributed by atoms with van der Waals surface area (Å²) in [5.74, 6) is -0.656. The van der Waals surface area contributed by atoms with Crippen molar-refractivity contribution in [3.8, 4) is 0 Å². The average Bonchev–Trinajstić information content (AvgIpc) is 2.98. The Balaban J connectivity index is 1.75. The first-order valence-corrected chi connectivity index (χ1v) is 10.5. The quantitative estimate of drug-likeness (QED) is 0.593. The molecular weight excluding hydrogens is 426 g/mol. The predicted octanol–water partition coefficient (Wildman–Crippen LogP) is 2.04. The molecule has 7 nitrogen and oxygen atoms in total. The van der Waals surface area contributed by atoms with E-state index in [2.05, 4.69) is 20.8 Å². The standard InChI is InChI=1S/C20H26BrN3O4/c1-2-3-18(25)23(9-8-22-10-12-28-13-11-22)17-14-19(26)24(20(17)27)16-6-4-15(21)5-7-16/h4-7,17H,2-3,8-14H2,1H3. The van der Waals surface area contributed by atoms with Crippen LogP contribution in [0.1, 0.15) is 26.2 Å². The Labute approximate surface area is 173 Å². The van der Waals surface area contributed by atoms with E-state index in [0.717, 1.165) is 17.6 Å². The number of nitrogens with zero attached hydrogens (tertiary/aromatic N) is 3. The van der Waals surface area contributed by atoms with E-state index in [1.165, 1.54) is 4.90 Å².